The molecule has 1 aliphatic rings. The van der Waals surface area contributed by atoms with Gasteiger partial charge in [0.25, 0.3) is 17.5 Å². The highest BCUT2D eigenvalue weighted by Crippen LogP contribution is 2.42. The van der Waals surface area contributed by atoms with Crippen LogP contribution in [0.1, 0.15) is 51.7 Å². The van der Waals surface area contributed by atoms with Crippen LogP contribution < -0.4 is 15.0 Å². The Balaban J connectivity index is 1.31. The monoisotopic (exact) mass is 626 g/mol. The van der Waals surface area contributed by atoms with Gasteiger partial charge in [0, 0.05) is 25.2 Å². The van der Waals surface area contributed by atoms with Crippen molar-refractivity contribution in [3.8, 4) is 5.75 Å². The molecule has 0 aromatic heterocycles. The zero-order chi connectivity index (χ0) is 32.8. The number of amides is 2. The zero-order valence-corrected chi connectivity index (χ0v) is 25.9. The number of carbonyl (C=O) groups excluding carboxylic acids is 2. The highest BCUT2D eigenvalue weighted by atomic mass is 16.6. The summed E-state index contributed by atoms with van der Waals surface area (Å²) >= 11 is 0. The Kier molecular flexibility index (Phi) is 9.24. The predicted molar refractivity (Wildman–Crippen MR) is 180 cm³/mol. The standard InChI is InChI=1S/C38H34N4O5/c1-27(30-15-9-4-10-16-30)39-36(43)26-47-33-20-17-31(18-21-33)37-40(24-28-11-5-2-6-12-28)35-22-19-32(42(45)46)23-34(35)38(44)41(37)25-29-13-7-3-8-14-29/h2-23,27,37H,24-26H2,1H3,(H,39,43)/t27-,37+/m1/s1. The third-order valence-corrected chi connectivity index (χ3v) is 8.20. The fourth-order valence-electron chi connectivity index (χ4n) is 5.87. The van der Waals surface area contributed by atoms with Crippen molar-refractivity contribution in [1.82, 2.24) is 10.2 Å². The van der Waals surface area contributed by atoms with Crippen LogP contribution in [-0.4, -0.2) is 28.2 Å². The number of nitrogens with one attached hydrogen (secondary N) is 1. The molecule has 0 saturated carbocycles. The molecule has 5 aromatic carbocycles. The van der Waals surface area contributed by atoms with E-state index in [4.69, 9.17) is 4.74 Å². The van der Waals surface area contributed by atoms with E-state index in [1.54, 1.807) is 23.1 Å². The summed E-state index contributed by atoms with van der Waals surface area (Å²) in [5.41, 5.74) is 4.52. The molecule has 0 fully saturated rings. The maximum atomic E-state index is 14.2. The lowest BCUT2D eigenvalue weighted by atomic mass is 9.98. The van der Waals surface area contributed by atoms with E-state index in [0.717, 1.165) is 22.3 Å². The lowest BCUT2D eigenvalue weighted by molar-refractivity contribution is -0.384. The minimum atomic E-state index is -0.541. The molecule has 1 heterocycles. The minimum absolute atomic E-state index is 0.140. The molecule has 0 spiro atoms. The predicted octanol–water partition coefficient (Wildman–Crippen LogP) is 7.21. The Hall–Kier alpha value is -5.96. The van der Waals surface area contributed by atoms with Gasteiger partial charge < -0.3 is 19.9 Å². The SMILES string of the molecule is C[C@@H](NC(=O)COc1ccc([C@@H]2N(Cc3ccccc3)C(=O)c3cc([N+](=O)[O-])ccc3N2Cc2ccccc2)cc1)c1ccccc1. The fourth-order valence-corrected chi connectivity index (χ4v) is 5.87. The number of nitro groups is 1. The van der Waals surface area contributed by atoms with E-state index >= 15 is 0 Å². The van der Waals surface area contributed by atoms with Gasteiger partial charge in [0.2, 0.25) is 0 Å². The average molecular weight is 627 g/mol. The van der Waals surface area contributed by atoms with Crippen LogP contribution >= 0.6 is 0 Å². The number of hydrogen-bond donors (Lipinski definition) is 1. The summed E-state index contributed by atoms with van der Waals surface area (Å²) in [6.07, 6.45) is -0.541. The van der Waals surface area contributed by atoms with Gasteiger partial charge in [-0.25, -0.2) is 0 Å². The molecular weight excluding hydrogens is 592 g/mol. The number of nitro benzene ring substituents is 1. The number of fused-ring (bicyclic) bond motifs is 1. The van der Waals surface area contributed by atoms with Gasteiger partial charge in [-0.15, -0.1) is 0 Å². The van der Waals surface area contributed by atoms with Crippen molar-refractivity contribution < 1.29 is 19.2 Å². The lowest BCUT2D eigenvalue weighted by Crippen LogP contribution is -2.48. The van der Waals surface area contributed by atoms with Crippen LogP contribution in [0.2, 0.25) is 0 Å². The third kappa shape index (κ3) is 7.15. The maximum absolute atomic E-state index is 14.2. The molecular formula is C38H34N4O5. The van der Waals surface area contributed by atoms with Crippen LogP contribution in [0.25, 0.3) is 0 Å². The van der Waals surface area contributed by atoms with Crippen LogP contribution in [0.4, 0.5) is 11.4 Å². The second-order valence-electron chi connectivity index (χ2n) is 11.4. The van der Waals surface area contributed by atoms with E-state index in [2.05, 4.69) is 10.2 Å². The first-order chi connectivity index (χ1) is 22.9. The maximum Gasteiger partial charge on any atom is 0.270 e. The van der Waals surface area contributed by atoms with Crippen molar-refractivity contribution >= 4 is 23.2 Å². The number of anilines is 1. The summed E-state index contributed by atoms with van der Waals surface area (Å²) in [5, 5.41) is 14.7. The number of non-ortho nitro benzene ring substituents is 1. The summed E-state index contributed by atoms with van der Waals surface area (Å²) in [6.45, 7) is 2.51. The number of nitrogens with zero attached hydrogens (tertiary/aromatic N) is 3. The first-order valence-electron chi connectivity index (χ1n) is 15.4. The number of benzene rings is 5. The third-order valence-electron chi connectivity index (χ3n) is 8.20. The molecule has 0 unspecified atom stereocenters. The van der Waals surface area contributed by atoms with E-state index in [-0.39, 0.29) is 42.3 Å². The second kappa shape index (κ2) is 14.0. The van der Waals surface area contributed by atoms with Gasteiger partial charge in [-0.3, -0.25) is 19.7 Å². The van der Waals surface area contributed by atoms with Gasteiger partial charge >= 0.3 is 0 Å². The van der Waals surface area contributed by atoms with Crippen molar-refractivity contribution in [1.29, 1.82) is 0 Å². The summed E-state index contributed by atoms with van der Waals surface area (Å²) in [4.78, 5) is 41.9. The van der Waals surface area contributed by atoms with Gasteiger partial charge in [-0.05, 0) is 47.4 Å². The van der Waals surface area contributed by atoms with Crippen LogP contribution in [0.5, 0.6) is 5.75 Å². The zero-order valence-electron chi connectivity index (χ0n) is 25.9. The molecule has 9 nitrogen and oxygen atoms in total. The summed E-state index contributed by atoms with van der Waals surface area (Å²) in [5.74, 6) is -0.0258. The molecule has 0 radical (unpaired) electrons. The van der Waals surface area contributed by atoms with Crippen molar-refractivity contribution in [2.75, 3.05) is 11.5 Å². The van der Waals surface area contributed by atoms with E-state index < -0.39 is 11.1 Å². The van der Waals surface area contributed by atoms with E-state index in [0.29, 0.717) is 18.0 Å². The molecule has 0 saturated heterocycles. The minimum Gasteiger partial charge on any atom is -0.484 e. The van der Waals surface area contributed by atoms with Crippen LogP contribution in [0.3, 0.4) is 0 Å². The first-order valence-corrected chi connectivity index (χ1v) is 15.4. The van der Waals surface area contributed by atoms with Gasteiger partial charge in [0.05, 0.1) is 22.2 Å². The molecule has 0 aliphatic carbocycles. The van der Waals surface area contributed by atoms with E-state index in [1.807, 2.05) is 110 Å². The van der Waals surface area contributed by atoms with Crippen LogP contribution in [0, 0.1) is 10.1 Å². The largest absolute Gasteiger partial charge is 0.484 e. The van der Waals surface area contributed by atoms with Crippen LogP contribution in [-0.2, 0) is 17.9 Å². The Morgan fingerprint density at radius 1 is 0.809 bits per heavy atom. The first kappa shape index (κ1) is 31.0. The fraction of sp³-hybridized carbons (Fsp3) is 0.158. The number of hydrogen-bond acceptors (Lipinski definition) is 6. The van der Waals surface area contributed by atoms with E-state index in [9.17, 15) is 19.7 Å². The molecule has 2 atom stereocenters. The molecule has 236 valence electrons. The van der Waals surface area contributed by atoms with Crippen molar-refractivity contribution in [3.05, 3.63) is 171 Å². The van der Waals surface area contributed by atoms with Crippen molar-refractivity contribution in [3.63, 3.8) is 0 Å². The van der Waals surface area contributed by atoms with Gasteiger partial charge in [-0.2, -0.15) is 0 Å². The highest BCUT2D eigenvalue weighted by molar-refractivity contribution is 6.02. The molecule has 47 heavy (non-hydrogen) atoms. The topological polar surface area (TPSA) is 105 Å². The summed E-state index contributed by atoms with van der Waals surface area (Å²) in [6, 6.07) is 40.9. The Bertz CT molecular complexity index is 1850. The van der Waals surface area contributed by atoms with Crippen molar-refractivity contribution in [2.45, 2.75) is 32.2 Å². The van der Waals surface area contributed by atoms with Gasteiger partial charge in [0.15, 0.2) is 6.61 Å². The van der Waals surface area contributed by atoms with E-state index in [1.165, 1.54) is 12.1 Å². The lowest BCUT2D eigenvalue weighted by Gasteiger charge is -2.46. The molecule has 1 N–H and O–H groups in total. The quantitative estimate of drug-likeness (QED) is 0.123. The second-order valence-corrected chi connectivity index (χ2v) is 11.4. The Labute approximate surface area is 273 Å². The number of ether oxygens (including phenoxy) is 1. The molecule has 1 aliphatic heterocycles. The van der Waals surface area contributed by atoms with Crippen molar-refractivity contribution in [2.24, 2.45) is 0 Å². The summed E-state index contributed by atoms with van der Waals surface area (Å²) < 4.78 is 5.83. The molecule has 5 aromatic rings. The van der Waals surface area contributed by atoms with Gasteiger partial charge in [-0.1, -0.05) is 103 Å². The number of carbonyl (C=O) groups is 2. The van der Waals surface area contributed by atoms with Crippen LogP contribution in [0.15, 0.2) is 133 Å². The number of rotatable bonds is 11. The molecule has 9 heteroatoms. The average Bonchev–Trinajstić information content (AvgIpc) is 3.10. The molecule has 6 rings (SSSR count). The Morgan fingerprint density at radius 2 is 1.38 bits per heavy atom. The smallest absolute Gasteiger partial charge is 0.270 e. The Morgan fingerprint density at radius 3 is 1.98 bits per heavy atom. The molecule has 2 amide bonds. The summed E-state index contributed by atoms with van der Waals surface area (Å²) in [7, 11) is 0. The van der Waals surface area contributed by atoms with Gasteiger partial charge in [0.1, 0.15) is 11.9 Å². The normalized spacial score (nSPS) is 14.7. The highest BCUT2D eigenvalue weighted by Gasteiger charge is 2.39. The molecule has 0 bridgehead atoms.